The molecule has 0 saturated carbocycles. The average Bonchev–Trinajstić information content (AvgIpc) is 3.43. The number of morpholine rings is 1. The molecule has 2 aliphatic rings. The normalized spacial score (nSPS) is 16.7. The SMILES string of the molecule is O=C(O)C(F)(F)F.O=C(O)C(F)(F)F.c1csc(CN2CCn3cc(CN4CCOCC4)nc3C2)n1. The zero-order chi connectivity index (χ0) is 26.9. The number of halogens is 6. The maximum absolute atomic E-state index is 10.6. The van der Waals surface area contributed by atoms with Crippen LogP contribution in [0.15, 0.2) is 17.8 Å². The first kappa shape index (κ1) is 29.5. The van der Waals surface area contributed by atoms with Gasteiger partial charge in [0.15, 0.2) is 0 Å². The summed E-state index contributed by atoms with van der Waals surface area (Å²) in [6.07, 6.45) is -6.06. The number of ether oxygens (including phenoxy) is 1. The Morgan fingerprint density at radius 3 is 2.03 bits per heavy atom. The van der Waals surface area contributed by atoms with Crippen molar-refractivity contribution in [3.05, 3.63) is 34.3 Å². The highest BCUT2D eigenvalue weighted by molar-refractivity contribution is 7.09. The number of nitrogens with zero attached hydrogens (tertiary/aromatic N) is 5. The highest BCUT2D eigenvalue weighted by Crippen LogP contribution is 2.18. The smallest absolute Gasteiger partial charge is 0.475 e. The van der Waals surface area contributed by atoms with Crippen molar-refractivity contribution in [1.82, 2.24) is 24.3 Å². The van der Waals surface area contributed by atoms with Gasteiger partial charge in [0.05, 0.1) is 32.0 Å². The van der Waals surface area contributed by atoms with Gasteiger partial charge in [-0.3, -0.25) is 9.80 Å². The molecule has 0 bridgehead atoms. The Labute approximate surface area is 204 Å². The number of thiazole rings is 1. The third-order valence-corrected chi connectivity index (χ3v) is 5.51. The standard InChI is InChI=1S/C15H21N5OS.2C2HF3O2/c1-8-22-15(16-1)12-19-2-3-20-10-13(17-14(20)11-19)9-18-4-6-21-7-5-18;2*3-2(4,5)1(6)7/h1,8,10H,2-7,9,11-12H2;2*(H,6,7). The van der Waals surface area contributed by atoms with Gasteiger partial charge in [-0.15, -0.1) is 11.3 Å². The van der Waals surface area contributed by atoms with Crippen LogP contribution in [0, 0.1) is 0 Å². The van der Waals surface area contributed by atoms with Crippen molar-refractivity contribution in [3.63, 3.8) is 0 Å². The van der Waals surface area contributed by atoms with Gasteiger partial charge in [0.2, 0.25) is 0 Å². The number of fused-ring (bicyclic) bond motifs is 1. The number of carboxylic acids is 2. The lowest BCUT2D eigenvalue weighted by Gasteiger charge is -2.26. The first-order chi connectivity index (χ1) is 16.8. The minimum Gasteiger partial charge on any atom is -0.475 e. The molecule has 4 rings (SSSR count). The molecule has 17 heteroatoms. The quantitative estimate of drug-likeness (QED) is 0.556. The van der Waals surface area contributed by atoms with Crippen molar-refractivity contribution in [2.75, 3.05) is 32.8 Å². The summed E-state index contributed by atoms with van der Waals surface area (Å²) in [5, 5.41) is 17.5. The maximum atomic E-state index is 10.6. The molecule has 2 aliphatic heterocycles. The Hall–Kier alpha value is -2.76. The number of hydrogen-bond donors (Lipinski definition) is 2. The van der Waals surface area contributed by atoms with E-state index in [1.807, 2.05) is 11.6 Å². The second-order valence-corrected chi connectivity index (χ2v) is 8.45. The number of imidazole rings is 1. The summed E-state index contributed by atoms with van der Waals surface area (Å²) in [5.74, 6) is -4.33. The predicted octanol–water partition coefficient (Wildman–Crippen LogP) is 2.45. The molecule has 36 heavy (non-hydrogen) atoms. The van der Waals surface area contributed by atoms with Crippen LogP contribution in [0.4, 0.5) is 26.3 Å². The molecule has 0 radical (unpaired) electrons. The van der Waals surface area contributed by atoms with E-state index < -0.39 is 24.3 Å². The molecule has 0 unspecified atom stereocenters. The van der Waals surface area contributed by atoms with E-state index >= 15 is 0 Å². The number of aromatic nitrogens is 3. The Morgan fingerprint density at radius 2 is 1.53 bits per heavy atom. The van der Waals surface area contributed by atoms with Gasteiger partial charge in [-0.05, 0) is 0 Å². The third-order valence-electron chi connectivity index (χ3n) is 4.75. The molecule has 1 saturated heterocycles. The van der Waals surface area contributed by atoms with Crippen molar-refractivity contribution in [3.8, 4) is 0 Å². The van der Waals surface area contributed by atoms with E-state index in [9.17, 15) is 26.3 Å². The van der Waals surface area contributed by atoms with Crippen LogP contribution >= 0.6 is 11.3 Å². The van der Waals surface area contributed by atoms with E-state index in [-0.39, 0.29) is 0 Å². The van der Waals surface area contributed by atoms with E-state index in [1.54, 1.807) is 11.3 Å². The molecule has 4 heterocycles. The number of rotatable bonds is 4. The van der Waals surface area contributed by atoms with Crippen LogP contribution in [0.25, 0.3) is 0 Å². The van der Waals surface area contributed by atoms with Crippen molar-refractivity contribution in [1.29, 1.82) is 0 Å². The molecule has 0 amide bonds. The fourth-order valence-corrected chi connectivity index (χ4v) is 3.74. The highest BCUT2D eigenvalue weighted by Gasteiger charge is 2.38. The number of carbonyl (C=O) groups is 2. The van der Waals surface area contributed by atoms with Gasteiger partial charge in [0.1, 0.15) is 10.8 Å². The van der Waals surface area contributed by atoms with Crippen molar-refractivity contribution < 1.29 is 50.9 Å². The topological polar surface area (TPSA) is 121 Å². The molecule has 0 aliphatic carbocycles. The Balaban J connectivity index is 0.000000271. The minimum atomic E-state index is -5.08. The second-order valence-electron chi connectivity index (χ2n) is 7.47. The van der Waals surface area contributed by atoms with Crippen molar-refractivity contribution >= 4 is 23.3 Å². The highest BCUT2D eigenvalue weighted by atomic mass is 32.1. The average molecular weight is 547 g/mol. The second kappa shape index (κ2) is 13.0. The van der Waals surface area contributed by atoms with Gasteiger partial charge < -0.3 is 19.5 Å². The lowest BCUT2D eigenvalue weighted by molar-refractivity contribution is -0.193. The third kappa shape index (κ3) is 10.1. The molecular formula is C19H23F6N5O5S. The predicted molar refractivity (Wildman–Crippen MR) is 112 cm³/mol. The van der Waals surface area contributed by atoms with E-state index in [4.69, 9.17) is 29.5 Å². The first-order valence-corrected chi connectivity index (χ1v) is 11.2. The number of aliphatic carboxylic acids is 2. The van der Waals surface area contributed by atoms with Crippen LogP contribution in [0.3, 0.4) is 0 Å². The van der Waals surface area contributed by atoms with Crippen molar-refractivity contribution in [2.24, 2.45) is 0 Å². The molecule has 10 nitrogen and oxygen atoms in total. The number of carboxylic acid groups (broad SMARTS) is 2. The summed E-state index contributed by atoms with van der Waals surface area (Å²) in [7, 11) is 0. The van der Waals surface area contributed by atoms with E-state index in [0.29, 0.717) is 0 Å². The van der Waals surface area contributed by atoms with Gasteiger partial charge in [-0.25, -0.2) is 19.6 Å². The van der Waals surface area contributed by atoms with E-state index in [1.165, 1.54) is 16.5 Å². The monoisotopic (exact) mass is 547 g/mol. The Bertz CT molecular complexity index is 953. The molecule has 2 aromatic heterocycles. The summed E-state index contributed by atoms with van der Waals surface area (Å²) in [5.41, 5.74) is 1.19. The van der Waals surface area contributed by atoms with Gasteiger partial charge >= 0.3 is 24.3 Å². The van der Waals surface area contributed by atoms with Gasteiger partial charge in [0, 0.05) is 50.5 Å². The lowest BCUT2D eigenvalue weighted by Crippen LogP contribution is -2.35. The van der Waals surface area contributed by atoms with Crippen LogP contribution in [-0.4, -0.2) is 91.7 Å². The molecule has 2 N–H and O–H groups in total. The summed E-state index contributed by atoms with van der Waals surface area (Å²) >= 11 is 1.73. The zero-order valence-corrected chi connectivity index (χ0v) is 19.4. The van der Waals surface area contributed by atoms with Crippen LogP contribution in [-0.2, 0) is 40.5 Å². The fraction of sp³-hybridized carbons (Fsp3) is 0.579. The Kier molecular flexibility index (Phi) is 10.6. The Morgan fingerprint density at radius 1 is 0.944 bits per heavy atom. The van der Waals surface area contributed by atoms with Crippen LogP contribution in [0.5, 0.6) is 0 Å². The molecule has 1 fully saturated rings. The first-order valence-electron chi connectivity index (χ1n) is 10.3. The zero-order valence-electron chi connectivity index (χ0n) is 18.6. The molecule has 202 valence electrons. The molecular weight excluding hydrogens is 524 g/mol. The summed E-state index contributed by atoms with van der Waals surface area (Å²) in [6, 6.07) is 0. The summed E-state index contributed by atoms with van der Waals surface area (Å²) in [6.45, 7) is 8.60. The molecule has 2 aromatic rings. The van der Waals surface area contributed by atoms with Gasteiger partial charge in [-0.1, -0.05) is 0 Å². The minimum absolute atomic E-state index is 0.842. The van der Waals surface area contributed by atoms with E-state index in [2.05, 4.69) is 25.5 Å². The fourth-order valence-electron chi connectivity index (χ4n) is 3.08. The number of alkyl halides is 6. The van der Waals surface area contributed by atoms with E-state index in [0.717, 1.165) is 59.0 Å². The van der Waals surface area contributed by atoms with Crippen LogP contribution < -0.4 is 0 Å². The summed E-state index contributed by atoms with van der Waals surface area (Å²) < 4.78 is 71.2. The molecule has 0 spiro atoms. The van der Waals surface area contributed by atoms with Gasteiger partial charge in [0.25, 0.3) is 0 Å². The maximum Gasteiger partial charge on any atom is 0.490 e. The molecule has 0 aromatic carbocycles. The largest absolute Gasteiger partial charge is 0.490 e. The van der Waals surface area contributed by atoms with Crippen molar-refractivity contribution in [2.45, 2.75) is 38.5 Å². The van der Waals surface area contributed by atoms with Gasteiger partial charge in [-0.2, -0.15) is 26.3 Å². The number of hydrogen-bond acceptors (Lipinski definition) is 8. The van der Waals surface area contributed by atoms with Crippen LogP contribution in [0.1, 0.15) is 16.5 Å². The van der Waals surface area contributed by atoms with Crippen LogP contribution in [0.2, 0.25) is 0 Å². The lowest BCUT2D eigenvalue weighted by atomic mass is 10.3. The summed E-state index contributed by atoms with van der Waals surface area (Å²) in [4.78, 5) is 31.9. The molecule has 0 atom stereocenters.